The molecule has 1 heterocycles. The second-order valence-corrected chi connectivity index (χ2v) is 5.69. The van der Waals surface area contributed by atoms with Crippen LogP contribution < -0.4 is 5.73 Å². The Bertz CT molecular complexity index is 500. The number of hydrogen-bond donors (Lipinski definition) is 1. The molecule has 0 bridgehead atoms. The van der Waals surface area contributed by atoms with E-state index in [0.717, 1.165) is 20.0 Å². The van der Waals surface area contributed by atoms with Crippen molar-refractivity contribution in [2.45, 2.75) is 22.9 Å². The van der Waals surface area contributed by atoms with Gasteiger partial charge in [0.2, 0.25) is 0 Å². The number of pyridine rings is 1. The van der Waals surface area contributed by atoms with E-state index in [2.05, 4.69) is 39.1 Å². The number of hydrogen-bond acceptors (Lipinski definition) is 3. The fourth-order valence-electron chi connectivity index (χ4n) is 1.47. The Balaban J connectivity index is 2.21. The van der Waals surface area contributed by atoms with Crippen LogP contribution in [0.25, 0.3) is 0 Å². The molecule has 1 aromatic carbocycles. The van der Waals surface area contributed by atoms with Crippen LogP contribution in [0.1, 0.15) is 18.5 Å². The fraction of sp³-hybridized carbons (Fsp3) is 0.154. The summed E-state index contributed by atoms with van der Waals surface area (Å²) < 4.78 is 1.05. The molecule has 88 valence electrons. The Morgan fingerprint density at radius 1 is 1.29 bits per heavy atom. The van der Waals surface area contributed by atoms with E-state index in [1.165, 1.54) is 0 Å². The summed E-state index contributed by atoms with van der Waals surface area (Å²) >= 11 is 5.19. The zero-order valence-corrected chi connectivity index (χ0v) is 11.8. The predicted octanol–water partition coefficient (Wildman–Crippen LogP) is 4.02. The summed E-state index contributed by atoms with van der Waals surface area (Å²) in [5.41, 5.74) is 6.99. The van der Waals surface area contributed by atoms with Crippen molar-refractivity contribution in [3.05, 3.63) is 52.6 Å². The molecular formula is C13H13BrN2S. The molecule has 2 N–H and O–H groups in total. The number of nitrogens with zero attached hydrogens (tertiary/aromatic N) is 1. The molecule has 0 aliphatic heterocycles. The van der Waals surface area contributed by atoms with Crippen molar-refractivity contribution in [3.8, 4) is 0 Å². The molecule has 1 aromatic heterocycles. The third kappa shape index (κ3) is 3.31. The quantitative estimate of drug-likeness (QED) is 0.931. The molecule has 0 amide bonds. The average Bonchev–Trinajstić information content (AvgIpc) is 2.30. The molecule has 0 fully saturated rings. The molecule has 0 aliphatic rings. The molecule has 0 saturated carbocycles. The minimum atomic E-state index is 0.0401. The van der Waals surface area contributed by atoms with Gasteiger partial charge < -0.3 is 5.73 Å². The van der Waals surface area contributed by atoms with Gasteiger partial charge in [0.15, 0.2) is 0 Å². The van der Waals surface area contributed by atoms with Crippen LogP contribution in [0, 0.1) is 0 Å². The SMILES string of the molecule is C[C@@H](N)c1ccc(Sc2ccccn2)cc1Br. The number of nitrogens with two attached hydrogens (primary N) is 1. The Kier molecular flexibility index (Phi) is 4.20. The van der Waals surface area contributed by atoms with E-state index in [1.54, 1.807) is 18.0 Å². The van der Waals surface area contributed by atoms with E-state index in [4.69, 9.17) is 5.73 Å². The Hall–Kier alpha value is -0.840. The van der Waals surface area contributed by atoms with Crippen molar-refractivity contribution < 1.29 is 0 Å². The van der Waals surface area contributed by atoms with Gasteiger partial charge in [-0.2, -0.15) is 0 Å². The van der Waals surface area contributed by atoms with Crippen molar-refractivity contribution in [1.82, 2.24) is 4.98 Å². The second kappa shape index (κ2) is 5.67. The zero-order chi connectivity index (χ0) is 12.3. The lowest BCUT2D eigenvalue weighted by molar-refractivity contribution is 0.811. The predicted molar refractivity (Wildman–Crippen MR) is 75.1 cm³/mol. The van der Waals surface area contributed by atoms with Gasteiger partial charge in [0.05, 0.1) is 0 Å². The Morgan fingerprint density at radius 3 is 2.71 bits per heavy atom. The van der Waals surface area contributed by atoms with Crippen molar-refractivity contribution >= 4 is 27.7 Å². The summed E-state index contributed by atoms with van der Waals surface area (Å²) in [4.78, 5) is 5.44. The van der Waals surface area contributed by atoms with Crippen LogP contribution in [0.15, 0.2) is 57.0 Å². The lowest BCUT2D eigenvalue weighted by Crippen LogP contribution is -2.05. The van der Waals surface area contributed by atoms with Gasteiger partial charge in [-0.25, -0.2) is 4.98 Å². The van der Waals surface area contributed by atoms with E-state index in [9.17, 15) is 0 Å². The largest absolute Gasteiger partial charge is 0.324 e. The van der Waals surface area contributed by atoms with E-state index in [0.29, 0.717) is 0 Å². The molecule has 17 heavy (non-hydrogen) atoms. The van der Waals surface area contributed by atoms with Gasteiger partial charge in [-0.3, -0.25) is 0 Å². The molecule has 2 rings (SSSR count). The second-order valence-electron chi connectivity index (χ2n) is 3.74. The molecule has 0 saturated heterocycles. The molecule has 2 aromatic rings. The molecular weight excluding hydrogens is 296 g/mol. The van der Waals surface area contributed by atoms with Gasteiger partial charge in [-0.1, -0.05) is 39.8 Å². The van der Waals surface area contributed by atoms with Gasteiger partial charge in [-0.05, 0) is 36.8 Å². The maximum Gasteiger partial charge on any atom is 0.101 e. The average molecular weight is 309 g/mol. The Labute approximate surface area is 114 Å². The summed E-state index contributed by atoms with van der Waals surface area (Å²) in [6, 6.07) is 12.1. The highest BCUT2D eigenvalue weighted by molar-refractivity contribution is 9.10. The molecule has 0 spiro atoms. The van der Waals surface area contributed by atoms with Crippen molar-refractivity contribution in [2.75, 3.05) is 0 Å². The monoisotopic (exact) mass is 308 g/mol. The van der Waals surface area contributed by atoms with Crippen LogP contribution in [-0.2, 0) is 0 Å². The molecule has 1 atom stereocenters. The van der Waals surface area contributed by atoms with E-state index in [-0.39, 0.29) is 6.04 Å². The van der Waals surface area contributed by atoms with E-state index >= 15 is 0 Å². The first-order valence-corrected chi connectivity index (χ1v) is 6.91. The third-order valence-electron chi connectivity index (χ3n) is 2.32. The first-order valence-electron chi connectivity index (χ1n) is 5.31. The van der Waals surface area contributed by atoms with Gasteiger partial charge in [0.25, 0.3) is 0 Å². The zero-order valence-electron chi connectivity index (χ0n) is 9.43. The van der Waals surface area contributed by atoms with Crippen LogP contribution in [0.4, 0.5) is 0 Å². The lowest BCUT2D eigenvalue weighted by Gasteiger charge is -2.09. The number of benzene rings is 1. The van der Waals surface area contributed by atoms with Crippen LogP contribution in [0.2, 0.25) is 0 Å². The standard InChI is InChI=1S/C13H13BrN2S/c1-9(15)11-6-5-10(8-12(11)14)17-13-4-2-3-7-16-13/h2-9H,15H2,1H3/t9-/m1/s1. The lowest BCUT2D eigenvalue weighted by atomic mass is 10.1. The highest BCUT2D eigenvalue weighted by atomic mass is 79.9. The summed E-state index contributed by atoms with van der Waals surface area (Å²) in [5.74, 6) is 0. The van der Waals surface area contributed by atoms with Crippen LogP contribution in [-0.4, -0.2) is 4.98 Å². The maximum atomic E-state index is 5.87. The number of rotatable bonds is 3. The summed E-state index contributed by atoms with van der Waals surface area (Å²) in [7, 11) is 0. The highest BCUT2D eigenvalue weighted by Gasteiger charge is 2.06. The van der Waals surface area contributed by atoms with Crippen LogP contribution in [0.5, 0.6) is 0 Å². The Morgan fingerprint density at radius 2 is 2.12 bits per heavy atom. The first kappa shape index (κ1) is 12.6. The normalized spacial score (nSPS) is 12.4. The van der Waals surface area contributed by atoms with Gasteiger partial charge >= 0.3 is 0 Å². The molecule has 0 aliphatic carbocycles. The molecule has 4 heteroatoms. The molecule has 0 unspecified atom stereocenters. The van der Waals surface area contributed by atoms with Crippen molar-refractivity contribution in [2.24, 2.45) is 5.73 Å². The fourth-order valence-corrected chi connectivity index (χ4v) is 3.17. The highest BCUT2D eigenvalue weighted by Crippen LogP contribution is 2.31. The number of halogens is 1. The van der Waals surface area contributed by atoms with Gasteiger partial charge in [0.1, 0.15) is 5.03 Å². The minimum Gasteiger partial charge on any atom is -0.324 e. The summed E-state index contributed by atoms with van der Waals surface area (Å²) in [5, 5.41) is 0.993. The third-order valence-corrected chi connectivity index (χ3v) is 3.95. The number of aromatic nitrogens is 1. The van der Waals surface area contributed by atoms with Crippen LogP contribution >= 0.6 is 27.7 Å². The van der Waals surface area contributed by atoms with Gasteiger partial charge in [0, 0.05) is 21.6 Å². The van der Waals surface area contributed by atoms with Crippen LogP contribution in [0.3, 0.4) is 0 Å². The topological polar surface area (TPSA) is 38.9 Å². The molecule has 0 radical (unpaired) electrons. The summed E-state index contributed by atoms with van der Waals surface area (Å²) in [6.07, 6.45) is 1.80. The van der Waals surface area contributed by atoms with Crippen molar-refractivity contribution in [3.63, 3.8) is 0 Å². The minimum absolute atomic E-state index is 0.0401. The molecule has 2 nitrogen and oxygen atoms in total. The van der Waals surface area contributed by atoms with Gasteiger partial charge in [-0.15, -0.1) is 0 Å². The first-order chi connectivity index (χ1) is 8.16. The summed E-state index contributed by atoms with van der Waals surface area (Å²) in [6.45, 7) is 1.98. The maximum absolute atomic E-state index is 5.87. The smallest absolute Gasteiger partial charge is 0.101 e. The van der Waals surface area contributed by atoms with E-state index in [1.807, 2.05) is 25.1 Å². The van der Waals surface area contributed by atoms with Crippen molar-refractivity contribution in [1.29, 1.82) is 0 Å². The van der Waals surface area contributed by atoms with E-state index < -0.39 is 0 Å².